The molecule has 2 fully saturated rings. The fourth-order valence-corrected chi connectivity index (χ4v) is 5.53. The Labute approximate surface area is 217 Å². The lowest BCUT2D eigenvalue weighted by atomic mass is 9.86. The van der Waals surface area contributed by atoms with Crippen molar-refractivity contribution in [2.75, 3.05) is 19.6 Å². The van der Waals surface area contributed by atoms with Gasteiger partial charge in [0, 0.05) is 31.8 Å². The van der Waals surface area contributed by atoms with Gasteiger partial charge in [-0.3, -0.25) is 4.90 Å². The van der Waals surface area contributed by atoms with Crippen LogP contribution in [0, 0.1) is 11.6 Å². The number of likely N-dealkylation sites (tertiary alicyclic amines) is 1. The maximum atomic E-state index is 13.5. The predicted octanol–water partition coefficient (Wildman–Crippen LogP) is 6.88. The van der Waals surface area contributed by atoms with Gasteiger partial charge in [0.2, 0.25) is 0 Å². The molecular weight excluding hydrogens is 470 g/mol. The standard InChI is InChI=1S/C31H32F2N2O2/c1-23-31(37-30(36)35(23)22-24-6-3-2-4-7-24)17-20-34(21-18-31)19-5-8-29(25-9-13-27(32)14-10-25)26-11-15-28(33)16-12-26/h2-4,6-7,9-16,29H,1,5,8,17-22H2. The summed E-state index contributed by atoms with van der Waals surface area (Å²) in [5.41, 5.74) is 3.24. The summed E-state index contributed by atoms with van der Waals surface area (Å²) in [6.07, 6.45) is 2.94. The smallest absolute Gasteiger partial charge is 0.415 e. The topological polar surface area (TPSA) is 32.8 Å². The van der Waals surface area contributed by atoms with Gasteiger partial charge in [0.1, 0.15) is 11.6 Å². The van der Waals surface area contributed by atoms with E-state index in [9.17, 15) is 13.6 Å². The third kappa shape index (κ3) is 5.59. The zero-order valence-corrected chi connectivity index (χ0v) is 20.9. The fraction of sp³-hybridized carbons (Fsp3) is 0.323. The molecular formula is C31H32F2N2O2. The molecule has 2 heterocycles. The van der Waals surface area contributed by atoms with Gasteiger partial charge in [-0.05, 0) is 60.3 Å². The lowest BCUT2D eigenvalue weighted by molar-refractivity contribution is 0.0143. The van der Waals surface area contributed by atoms with E-state index in [1.54, 1.807) is 4.90 Å². The van der Waals surface area contributed by atoms with Crippen LogP contribution >= 0.6 is 0 Å². The van der Waals surface area contributed by atoms with Crippen LogP contribution in [0.5, 0.6) is 0 Å². The molecule has 0 aromatic heterocycles. The number of carbonyl (C=O) groups is 1. The zero-order chi connectivity index (χ0) is 25.8. The highest BCUT2D eigenvalue weighted by Crippen LogP contribution is 2.41. The first-order valence-electron chi connectivity index (χ1n) is 12.9. The van der Waals surface area contributed by atoms with Crippen molar-refractivity contribution in [2.24, 2.45) is 0 Å². The van der Waals surface area contributed by atoms with Gasteiger partial charge in [0.15, 0.2) is 5.60 Å². The first-order valence-corrected chi connectivity index (χ1v) is 12.9. The molecule has 5 rings (SSSR count). The molecule has 1 amide bonds. The van der Waals surface area contributed by atoms with Crippen LogP contribution in [-0.4, -0.2) is 41.1 Å². The van der Waals surface area contributed by atoms with Crippen LogP contribution in [0.1, 0.15) is 48.3 Å². The van der Waals surface area contributed by atoms with Crippen LogP contribution < -0.4 is 0 Å². The van der Waals surface area contributed by atoms with Crippen molar-refractivity contribution in [3.8, 4) is 0 Å². The maximum absolute atomic E-state index is 13.5. The molecule has 1 spiro atoms. The number of ether oxygens (including phenoxy) is 1. The number of benzene rings is 3. The summed E-state index contributed by atoms with van der Waals surface area (Å²) in [6.45, 7) is 7.28. The molecule has 3 aromatic rings. The summed E-state index contributed by atoms with van der Waals surface area (Å²) in [6, 6.07) is 23.1. The Kier molecular flexibility index (Phi) is 7.38. The second-order valence-electron chi connectivity index (χ2n) is 10.0. The lowest BCUT2D eigenvalue weighted by Gasteiger charge is -2.38. The van der Waals surface area contributed by atoms with Crippen molar-refractivity contribution in [1.29, 1.82) is 0 Å². The van der Waals surface area contributed by atoms with Crippen molar-refractivity contribution in [3.05, 3.63) is 119 Å². The third-order valence-corrected chi connectivity index (χ3v) is 7.71. The largest absolute Gasteiger partial charge is 0.436 e. The van der Waals surface area contributed by atoms with Crippen molar-refractivity contribution < 1.29 is 18.3 Å². The van der Waals surface area contributed by atoms with Gasteiger partial charge in [-0.2, -0.15) is 0 Å². The predicted molar refractivity (Wildman–Crippen MR) is 140 cm³/mol. The highest BCUT2D eigenvalue weighted by atomic mass is 19.1. The Morgan fingerprint density at radius 2 is 1.43 bits per heavy atom. The van der Waals surface area contributed by atoms with E-state index in [1.165, 1.54) is 24.3 Å². The average molecular weight is 503 g/mol. The van der Waals surface area contributed by atoms with E-state index in [-0.39, 0.29) is 23.6 Å². The van der Waals surface area contributed by atoms with Gasteiger partial charge in [0.25, 0.3) is 0 Å². The SMILES string of the molecule is C=C1N(Cc2ccccc2)C(=O)OC12CCN(CCCC(c1ccc(F)cc1)c1ccc(F)cc1)CC2. The van der Waals surface area contributed by atoms with Crippen LogP contribution in [0.4, 0.5) is 13.6 Å². The van der Waals surface area contributed by atoms with E-state index < -0.39 is 5.60 Å². The molecule has 2 saturated heterocycles. The minimum absolute atomic E-state index is 0.0689. The monoisotopic (exact) mass is 502 g/mol. The molecule has 0 unspecified atom stereocenters. The minimum Gasteiger partial charge on any atom is -0.436 e. The molecule has 0 N–H and O–H groups in total. The van der Waals surface area contributed by atoms with E-state index in [0.29, 0.717) is 6.54 Å². The summed E-state index contributed by atoms with van der Waals surface area (Å²) >= 11 is 0. The van der Waals surface area contributed by atoms with Gasteiger partial charge in [0.05, 0.1) is 12.2 Å². The number of rotatable bonds is 8. The first kappa shape index (κ1) is 25.2. The number of piperidine rings is 1. The molecule has 0 saturated carbocycles. The summed E-state index contributed by atoms with van der Waals surface area (Å²) in [5, 5.41) is 0. The molecule has 0 aliphatic carbocycles. The summed E-state index contributed by atoms with van der Waals surface area (Å²) in [5.74, 6) is -0.458. The number of hydrogen-bond acceptors (Lipinski definition) is 3. The number of hydrogen-bond donors (Lipinski definition) is 0. The number of halogens is 2. The first-order chi connectivity index (χ1) is 17.9. The molecule has 192 valence electrons. The molecule has 0 atom stereocenters. The van der Waals surface area contributed by atoms with E-state index >= 15 is 0 Å². The quantitative estimate of drug-likeness (QED) is 0.337. The van der Waals surface area contributed by atoms with Gasteiger partial charge in [-0.15, -0.1) is 0 Å². The van der Waals surface area contributed by atoms with Crippen LogP contribution in [0.3, 0.4) is 0 Å². The normalized spacial score (nSPS) is 17.5. The second-order valence-corrected chi connectivity index (χ2v) is 10.0. The van der Waals surface area contributed by atoms with Gasteiger partial charge in [-0.25, -0.2) is 13.6 Å². The van der Waals surface area contributed by atoms with Crippen LogP contribution in [0.25, 0.3) is 0 Å². The molecule has 2 aliphatic rings. The third-order valence-electron chi connectivity index (χ3n) is 7.71. The van der Waals surface area contributed by atoms with Crippen molar-refractivity contribution in [1.82, 2.24) is 9.80 Å². The minimum atomic E-state index is -0.618. The Balaban J connectivity index is 1.17. The molecule has 6 heteroatoms. The van der Waals surface area contributed by atoms with Crippen molar-refractivity contribution in [3.63, 3.8) is 0 Å². The number of carbonyl (C=O) groups excluding carboxylic acids is 1. The van der Waals surface area contributed by atoms with Gasteiger partial charge in [-0.1, -0.05) is 61.2 Å². The number of nitrogens with zero attached hydrogens (tertiary/aromatic N) is 2. The van der Waals surface area contributed by atoms with Gasteiger partial charge < -0.3 is 9.64 Å². The highest BCUT2D eigenvalue weighted by Gasteiger charge is 2.50. The van der Waals surface area contributed by atoms with Crippen molar-refractivity contribution in [2.45, 2.75) is 43.7 Å². The van der Waals surface area contributed by atoms with E-state index in [0.717, 1.165) is 67.7 Å². The molecule has 3 aromatic carbocycles. The molecule has 4 nitrogen and oxygen atoms in total. The Hall–Kier alpha value is -3.51. The van der Waals surface area contributed by atoms with Crippen LogP contribution in [0.2, 0.25) is 0 Å². The summed E-state index contributed by atoms with van der Waals surface area (Å²) in [4.78, 5) is 16.8. The zero-order valence-electron chi connectivity index (χ0n) is 20.9. The Morgan fingerprint density at radius 3 is 2.00 bits per heavy atom. The summed E-state index contributed by atoms with van der Waals surface area (Å²) < 4.78 is 32.9. The molecule has 2 aliphatic heterocycles. The average Bonchev–Trinajstić information content (AvgIpc) is 3.13. The van der Waals surface area contributed by atoms with E-state index in [1.807, 2.05) is 54.6 Å². The lowest BCUT2D eigenvalue weighted by Crippen LogP contribution is -2.45. The van der Waals surface area contributed by atoms with Crippen LogP contribution in [-0.2, 0) is 11.3 Å². The number of amides is 1. The fourth-order valence-electron chi connectivity index (χ4n) is 5.53. The molecule has 0 radical (unpaired) electrons. The van der Waals surface area contributed by atoms with Crippen molar-refractivity contribution >= 4 is 6.09 Å². The molecule has 37 heavy (non-hydrogen) atoms. The maximum Gasteiger partial charge on any atom is 0.415 e. The van der Waals surface area contributed by atoms with Gasteiger partial charge >= 0.3 is 6.09 Å². The van der Waals surface area contributed by atoms with E-state index in [2.05, 4.69) is 11.5 Å². The van der Waals surface area contributed by atoms with E-state index in [4.69, 9.17) is 4.74 Å². The Bertz CT molecular complexity index is 1170. The van der Waals surface area contributed by atoms with Crippen LogP contribution in [0.15, 0.2) is 91.1 Å². The Morgan fingerprint density at radius 1 is 0.865 bits per heavy atom. The summed E-state index contributed by atoms with van der Waals surface area (Å²) in [7, 11) is 0. The molecule has 0 bridgehead atoms. The second kappa shape index (κ2) is 10.9. The highest BCUT2D eigenvalue weighted by molar-refractivity contribution is 5.75.